The quantitative estimate of drug-likeness (QED) is 0.728. The molecule has 2 aliphatic rings. The van der Waals surface area contributed by atoms with Gasteiger partial charge in [0.25, 0.3) is 0 Å². The van der Waals surface area contributed by atoms with E-state index in [-0.39, 0.29) is 17.4 Å². The van der Waals surface area contributed by atoms with Gasteiger partial charge in [0.2, 0.25) is 11.8 Å². The minimum Gasteiger partial charge on any atom is -0.481 e. The third-order valence-electron chi connectivity index (χ3n) is 5.51. The fraction of sp³-hybridized carbons (Fsp3) is 0.750. The summed E-state index contributed by atoms with van der Waals surface area (Å²) in [5, 5.41) is 0. The highest BCUT2D eigenvalue weighted by Crippen LogP contribution is 2.38. The van der Waals surface area contributed by atoms with Crippen molar-refractivity contribution in [3.05, 3.63) is 11.9 Å². The van der Waals surface area contributed by atoms with Gasteiger partial charge in [0.15, 0.2) is 5.82 Å². The predicted octanol–water partition coefficient (Wildman–Crippen LogP) is 2.49. The molecule has 0 N–H and O–H groups in total. The smallest absolute Gasteiger partial charge is 0.228 e. The Hall–Kier alpha value is -1.89. The first-order valence-electron chi connectivity index (χ1n) is 9.73. The maximum Gasteiger partial charge on any atom is 0.228 e. The molecule has 0 spiro atoms. The largest absolute Gasteiger partial charge is 0.481 e. The zero-order valence-corrected chi connectivity index (χ0v) is 17.4. The van der Waals surface area contributed by atoms with Gasteiger partial charge in [-0.1, -0.05) is 27.7 Å². The molecule has 0 aromatic carbocycles. The molecule has 3 heterocycles. The molecule has 27 heavy (non-hydrogen) atoms. The molecule has 2 atom stereocenters. The molecular formula is C20H32N4O3. The summed E-state index contributed by atoms with van der Waals surface area (Å²) in [4.78, 5) is 26.5. The number of aromatic nitrogens is 2. The molecule has 2 bridgehead atoms. The number of amides is 1. The van der Waals surface area contributed by atoms with E-state index < -0.39 is 0 Å². The first kappa shape index (κ1) is 19.9. The van der Waals surface area contributed by atoms with Crippen LogP contribution in [0.1, 0.15) is 46.4 Å². The lowest BCUT2D eigenvalue weighted by atomic mass is 9.82. The van der Waals surface area contributed by atoms with Crippen molar-refractivity contribution in [2.24, 2.45) is 11.3 Å². The van der Waals surface area contributed by atoms with Crippen LogP contribution in [0.4, 0.5) is 5.82 Å². The SMILES string of the molecule is COCc1nc(OC)cc(N2C[C@@H]3C[C@H]2CN3C(=O)C(C)(C)CC(C)C)n1. The zero-order chi connectivity index (χ0) is 19.8. The monoisotopic (exact) mass is 376 g/mol. The van der Waals surface area contributed by atoms with E-state index >= 15 is 0 Å². The minimum atomic E-state index is -0.312. The van der Waals surface area contributed by atoms with E-state index in [1.807, 2.05) is 6.07 Å². The lowest BCUT2D eigenvalue weighted by Crippen LogP contribution is -2.52. The van der Waals surface area contributed by atoms with Crippen molar-refractivity contribution < 1.29 is 14.3 Å². The standard InChI is InChI=1S/C20H32N4O3/c1-13(2)9-20(3,4)19(25)24-11-14-7-15(24)10-23(14)17-8-18(27-6)22-16(21-17)12-26-5/h8,13-15H,7,9-12H2,1-6H3/t14-,15-/m0/s1. The summed E-state index contributed by atoms with van der Waals surface area (Å²) in [6, 6.07) is 2.42. The first-order valence-corrected chi connectivity index (χ1v) is 9.73. The Morgan fingerprint density at radius 2 is 2.00 bits per heavy atom. The van der Waals surface area contributed by atoms with Gasteiger partial charge in [-0.3, -0.25) is 4.79 Å². The lowest BCUT2D eigenvalue weighted by molar-refractivity contribution is -0.142. The summed E-state index contributed by atoms with van der Waals surface area (Å²) in [5.41, 5.74) is -0.312. The third-order valence-corrected chi connectivity index (χ3v) is 5.51. The number of methoxy groups -OCH3 is 2. The molecule has 150 valence electrons. The summed E-state index contributed by atoms with van der Waals surface area (Å²) in [7, 11) is 3.23. The van der Waals surface area contributed by atoms with Crippen molar-refractivity contribution in [3.8, 4) is 5.88 Å². The normalized spacial score (nSPS) is 22.0. The van der Waals surface area contributed by atoms with Crippen LogP contribution in [0, 0.1) is 11.3 Å². The van der Waals surface area contributed by atoms with Crippen LogP contribution in [0.3, 0.4) is 0 Å². The molecule has 1 aromatic heterocycles. The van der Waals surface area contributed by atoms with Gasteiger partial charge in [-0.15, -0.1) is 0 Å². The van der Waals surface area contributed by atoms with Crippen molar-refractivity contribution in [2.45, 2.75) is 59.2 Å². The molecule has 2 aliphatic heterocycles. The molecule has 2 saturated heterocycles. The van der Waals surface area contributed by atoms with Crippen molar-refractivity contribution in [1.29, 1.82) is 0 Å². The molecule has 0 unspecified atom stereocenters. The van der Waals surface area contributed by atoms with Crippen LogP contribution >= 0.6 is 0 Å². The van der Waals surface area contributed by atoms with Crippen LogP contribution in [0.2, 0.25) is 0 Å². The van der Waals surface area contributed by atoms with Crippen molar-refractivity contribution in [3.63, 3.8) is 0 Å². The predicted molar refractivity (Wildman–Crippen MR) is 104 cm³/mol. The summed E-state index contributed by atoms with van der Waals surface area (Å²) in [5.74, 6) is 2.80. The molecule has 0 radical (unpaired) electrons. The van der Waals surface area contributed by atoms with Crippen LogP contribution < -0.4 is 9.64 Å². The second kappa shape index (κ2) is 7.62. The maximum atomic E-state index is 13.1. The van der Waals surface area contributed by atoms with E-state index in [9.17, 15) is 4.79 Å². The van der Waals surface area contributed by atoms with Crippen LogP contribution in [-0.4, -0.2) is 60.2 Å². The van der Waals surface area contributed by atoms with Gasteiger partial charge in [-0.05, 0) is 18.8 Å². The molecular weight excluding hydrogens is 344 g/mol. The number of hydrogen-bond donors (Lipinski definition) is 0. The van der Waals surface area contributed by atoms with Crippen LogP contribution in [0.15, 0.2) is 6.07 Å². The molecule has 3 rings (SSSR count). The van der Waals surface area contributed by atoms with E-state index in [0.717, 1.165) is 31.7 Å². The van der Waals surface area contributed by atoms with Crippen molar-refractivity contribution in [1.82, 2.24) is 14.9 Å². The van der Waals surface area contributed by atoms with Crippen LogP contribution in [-0.2, 0) is 16.1 Å². The zero-order valence-electron chi connectivity index (χ0n) is 17.4. The fourth-order valence-electron chi connectivity index (χ4n) is 4.60. The average Bonchev–Trinajstić information content (AvgIpc) is 3.20. The minimum absolute atomic E-state index is 0.251. The number of carbonyl (C=O) groups excluding carboxylic acids is 1. The molecule has 2 fully saturated rings. The number of hydrogen-bond acceptors (Lipinski definition) is 6. The van der Waals surface area contributed by atoms with Gasteiger partial charge in [0, 0.05) is 31.7 Å². The van der Waals surface area contributed by atoms with Crippen molar-refractivity contribution in [2.75, 3.05) is 32.2 Å². The van der Waals surface area contributed by atoms with E-state index in [1.54, 1.807) is 14.2 Å². The van der Waals surface area contributed by atoms with E-state index in [2.05, 4.69) is 47.5 Å². The Labute approximate surface area is 162 Å². The number of likely N-dealkylation sites (tertiary alicyclic amines) is 1. The summed E-state index contributed by atoms with van der Waals surface area (Å²) >= 11 is 0. The topological polar surface area (TPSA) is 67.8 Å². The average molecular weight is 377 g/mol. The van der Waals surface area contributed by atoms with Crippen molar-refractivity contribution >= 4 is 11.7 Å². The molecule has 7 heteroatoms. The van der Waals surface area contributed by atoms with Gasteiger partial charge in [-0.25, -0.2) is 4.98 Å². The Kier molecular flexibility index (Phi) is 5.60. The maximum absolute atomic E-state index is 13.1. The summed E-state index contributed by atoms with van der Waals surface area (Å²) < 4.78 is 10.5. The van der Waals surface area contributed by atoms with Gasteiger partial charge in [-0.2, -0.15) is 4.98 Å². The van der Waals surface area contributed by atoms with Gasteiger partial charge < -0.3 is 19.3 Å². The number of fused-ring (bicyclic) bond motifs is 2. The lowest BCUT2D eigenvalue weighted by Gasteiger charge is -2.39. The van der Waals surface area contributed by atoms with E-state index in [1.165, 1.54) is 0 Å². The second-order valence-electron chi connectivity index (χ2n) is 8.75. The van der Waals surface area contributed by atoms with Gasteiger partial charge >= 0.3 is 0 Å². The number of nitrogens with zero attached hydrogens (tertiary/aromatic N) is 4. The number of rotatable bonds is 7. The Morgan fingerprint density at radius 1 is 1.26 bits per heavy atom. The molecule has 0 aliphatic carbocycles. The number of carbonyl (C=O) groups is 1. The molecule has 1 aromatic rings. The first-order chi connectivity index (χ1) is 12.7. The summed E-state index contributed by atoms with van der Waals surface area (Å²) in [6.45, 7) is 10.4. The molecule has 1 amide bonds. The Bertz CT molecular complexity index is 692. The third kappa shape index (κ3) is 4.03. The Balaban J connectivity index is 1.74. The van der Waals surface area contributed by atoms with E-state index in [4.69, 9.17) is 9.47 Å². The second-order valence-corrected chi connectivity index (χ2v) is 8.75. The highest BCUT2D eigenvalue weighted by molar-refractivity contribution is 5.83. The van der Waals surface area contributed by atoms with E-state index in [0.29, 0.717) is 30.3 Å². The highest BCUT2D eigenvalue weighted by Gasteiger charge is 2.48. The van der Waals surface area contributed by atoms with Crippen LogP contribution in [0.25, 0.3) is 0 Å². The number of anilines is 1. The Morgan fingerprint density at radius 3 is 2.56 bits per heavy atom. The number of ether oxygens (including phenoxy) is 2. The number of piperazine rings is 1. The van der Waals surface area contributed by atoms with Crippen LogP contribution in [0.5, 0.6) is 5.88 Å². The highest BCUT2D eigenvalue weighted by atomic mass is 16.5. The summed E-state index contributed by atoms with van der Waals surface area (Å²) in [6.07, 6.45) is 1.91. The molecule has 0 saturated carbocycles. The molecule has 7 nitrogen and oxygen atoms in total. The fourth-order valence-corrected chi connectivity index (χ4v) is 4.60. The van der Waals surface area contributed by atoms with Gasteiger partial charge in [0.1, 0.15) is 12.4 Å². The van der Waals surface area contributed by atoms with Gasteiger partial charge in [0.05, 0.1) is 19.2 Å².